The third-order valence-electron chi connectivity index (χ3n) is 3.95. The molecule has 0 radical (unpaired) electrons. The highest BCUT2D eigenvalue weighted by atomic mass is 16.2. The molecule has 7 heteroatoms. The summed E-state index contributed by atoms with van der Waals surface area (Å²) in [5, 5.41) is 0. The van der Waals surface area contributed by atoms with Gasteiger partial charge in [0.2, 0.25) is 0 Å². The van der Waals surface area contributed by atoms with Gasteiger partial charge in [-0.2, -0.15) is 0 Å². The number of likely N-dealkylation sites (N-methyl/N-ethyl adjacent to an activating group) is 1. The van der Waals surface area contributed by atoms with Gasteiger partial charge in [-0.1, -0.05) is 36.8 Å². The first-order valence-electron chi connectivity index (χ1n) is 8.23. The van der Waals surface area contributed by atoms with Crippen molar-refractivity contribution in [1.29, 1.82) is 0 Å². The highest BCUT2D eigenvalue weighted by Crippen LogP contribution is 2.09. The van der Waals surface area contributed by atoms with E-state index in [-0.39, 0.29) is 17.9 Å². The molecule has 0 aliphatic carbocycles. The van der Waals surface area contributed by atoms with Crippen molar-refractivity contribution in [2.75, 3.05) is 19.3 Å². The number of aromatic nitrogens is 2. The van der Waals surface area contributed by atoms with Crippen LogP contribution in [-0.4, -0.2) is 33.8 Å². The molecule has 0 saturated carbocycles. The van der Waals surface area contributed by atoms with E-state index in [9.17, 15) is 14.4 Å². The second-order valence-corrected chi connectivity index (χ2v) is 6.25. The van der Waals surface area contributed by atoms with Crippen LogP contribution in [0.2, 0.25) is 0 Å². The molecule has 7 nitrogen and oxygen atoms in total. The zero-order valence-corrected chi connectivity index (χ0v) is 14.8. The first-order chi connectivity index (χ1) is 11.8. The van der Waals surface area contributed by atoms with Gasteiger partial charge in [-0.3, -0.25) is 24.0 Å². The Bertz CT molecular complexity index is 865. The fraction of sp³-hybridized carbons (Fsp3) is 0.389. The van der Waals surface area contributed by atoms with E-state index in [0.29, 0.717) is 19.5 Å². The SMILES string of the molecule is CCCn1c(N)c(C(=O)CN(C)Cc2ccc(C)cc2)c(=O)[nH]c1=O. The number of hydrogen-bond acceptors (Lipinski definition) is 5. The summed E-state index contributed by atoms with van der Waals surface area (Å²) < 4.78 is 1.23. The van der Waals surface area contributed by atoms with Gasteiger partial charge < -0.3 is 5.73 Å². The number of H-pyrrole nitrogens is 1. The molecule has 1 aromatic heterocycles. The van der Waals surface area contributed by atoms with E-state index in [1.54, 1.807) is 11.9 Å². The van der Waals surface area contributed by atoms with Crippen LogP contribution >= 0.6 is 0 Å². The highest BCUT2D eigenvalue weighted by Gasteiger charge is 2.20. The van der Waals surface area contributed by atoms with E-state index >= 15 is 0 Å². The predicted octanol–water partition coefficient (Wildman–Crippen LogP) is 1.15. The second kappa shape index (κ2) is 7.94. The first kappa shape index (κ1) is 18.7. The maximum absolute atomic E-state index is 12.6. The molecule has 0 spiro atoms. The highest BCUT2D eigenvalue weighted by molar-refractivity contribution is 6.01. The molecule has 0 aliphatic heterocycles. The van der Waals surface area contributed by atoms with Gasteiger partial charge in [0.05, 0.1) is 6.54 Å². The van der Waals surface area contributed by atoms with Crippen LogP contribution in [0, 0.1) is 6.92 Å². The summed E-state index contributed by atoms with van der Waals surface area (Å²) >= 11 is 0. The molecule has 0 atom stereocenters. The van der Waals surface area contributed by atoms with Crippen LogP contribution in [0.25, 0.3) is 0 Å². The summed E-state index contributed by atoms with van der Waals surface area (Å²) in [6.45, 7) is 4.84. The summed E-state index contributed by atoms with van der Waals surface area (Å²) in [5.74, 6) is -0.470. The van der Waals surface area contributed by atoms with Crippen LogP contribution in [0.15, 0.2) is 33.9 Å². The molecule has 0 fully saturated rings. The molecule has 0 saturated heterocycles. The molecule has 0 amide bonds. The van der Waals surface area contributed by atoms with Gasteiger partial charge in [-0.15, -0.1) is 0 Å². The predicted molar refractivity (Wildman–Crippen MR) is 97.9 cm³/mol. The lowest BCUT2D eigenvalue weighted by atomic mass is 10.1. The zero-order chi connectivity index (χ0) is 18.6. The van der Waals surface area contributed by atoms with Crippen LogP contribution < -0.4 is 17.0 Å². The smallest absolute Gasteiger partial charge is 0.329 e. The van der Waals surface area contributed by atoms with E-state index < -0.39 is 17.0 Å². The lowest BCUT2D eigenvalue weighted by Crippen LogP contribution is -2.38. The molecule has 2 aromatic rings. The van der Waals surface area contributed by atoms with Crippen molar-refractivity contribution in [3.8, 4) is 0 Å². The minimum atomic E-state index is -0.733. The molecule has 25 heavy (non-hydrogen) atoms. The lowest BCUT2D eigenvalue weighted by Gasteiger charge is -2.17. The number of Topliss-reactive ketones (excluding diaryl/α,β-unsaturated/α-hetero) is 1. The number of ketones is 1. The van der Waals surface area contributed by atoms with Crippen LogP contribution in [-0.2, 0) is 13.1 Å². The van der Waals surface area contributed by atoms with Crippen molar-refractivity contribution in [3.63, 3.8) is 0 Å². The number of anilines is 1. The molecule has 1 heterocycles. The van der Waals surface area contributed by atoms with Gasteiger partial charge >= 0.3 is 5.69 Å². The monoisotopic (exact) mass is 344 g/mol. The quantitative estimate of drug-likeness (QED) is 0.734. The minimum Gasteiger partial charge on any atom is -0.384 e. The normalized spacial score (nSPS) is 11.0. The fourth-order valence-corrected chi connectivity index (χ4v) is 2.69. The summed E-state index contributed by atoms with van der Waals surface area (Å²) in [4.78, 5) is 40.4. The number of aryl methyl sites for hydroxylation is 1. The number of aromatic amines is 1. The van der Waals surface area contributed by atoms with Gasteiger partial charge in [0.15, 0.2) is 5.78 Å². The van der Waals surface area contributed by atoms with E-state index in [1.807, 2.05) is 38.1 Å². The number of hydrogen-bond donors (Lipinski definition) is 2. The number of rotatable bonds is 7. The lowest BCUT2D eigenvalue weighted by molar-refractivity contribution is 0.0941. The Balaban J connectivity index is 2.20. The number of carbonyl (C=O) groups is 1. The van der Waals surface area contributed by atoms with Crippen molar-refractivity contribution in [1.82, 2.24) is 14.5 Å². The Hall–Kier alpha value is -2.67. The van der Waals surface area contributed by atoms with Gasteiger partial charge in [0.1, 0.15) is 11.4 Å². The molecule has 0 aliphatic rings. The Kier molecular flexibility index (Phi) is 5.93. The Morgan fingerprint density at radius 1 is 1.24 bits per heavy atom. The fourth-order valence-electron chi connectivity index (χ4n) is 2.69. The molecular weight excluding hydrogens is 320 g/mol. The van der Waals surface area contributed by atoms with Crippen LogP contribution in [0.3, 0.4) is 0 Å². The molecule has 0 bridgehead atoms. The van der Waals surface area contributed by atoms with Crippen LogP contribution in [0.5, 0.6) is 0 Å². The second-order valence-electron chi connectivity index (χ2n) is 6.25. The van der Waals surface area contributed by atoms with E-state index in [4.69, 9.17) is 5.73 Å². The van der Waals surface area contributed by atoms with Crippen molar-refractivity contribution >= 4 is 11.6 Å². The molecule has 0 unspecified atom stereocenters. The molecule has 1 aromatic carbocycles. The Morgan fingerprint density at radius 3 is 2.48 bits per heavy atom. The van der Waals surface area contributed by atoms with Crippen molar-refractivity contribution in [2.45, 2.75) is 33.4 Å². The average Bonchev–Trinajstić information content (AvgIpc) is 2.53. The van der Waals surface area contributed by atoms with E-state index in [2.05, 4.69) is 4.98 Å². The summed E-state index contributed by atoms with van der Waals surface area (Å²) in [6, 6.07) is 8.01. The standard InChI is InChI=1S/C18H24N4O3/c1-4-9-22-16(19)15(17(24)20-18(22)25)14(23)11-21(3)10-13-7-5-12(2)6-8-13/h5-8H,4,9-11,19H2,1-3H3,(H,20,24,25). The Labute approximate surface area is 146 Å². The zero-order valence-electron chi connectivity index (χ0n) is 14.8. The Morgan fingerprint density at radius 2 is 1.88 bits per heavy atom. The van der Waals surface area contributed by atoms with Gasteiger partial charge in [-0.05, 0) is 26.0 Å². The number of benzene rings is 1. The third-order valence-corrected chi connectivity index (χ3v) is 3.95. The van der Waals surface area contributed by atoms with Crippen molar-refractivity contribution < 1.29 is 4.79 Å². The maximum Gasteiger partial charge on any atom is 0.329 e. The summed E-state index contributed by atoms with van der Waals surface area (Å²) in [7, 11) is 1.80. The maximum atomic E-state index is 12.6. The molecule has 134 valence electrons. The topological polar surface area (TPSA) is 101 Å². The summed E-state index contributed by atoms with van der Waals surface area (Å²) in [5.41, 5.74) is 6.68. The number of nitrogens with zero attached hydrogens (tertiary/aromatic N) is 2. The third kappa shape index (κ3) is 4.45. The number of carbonyl (C=O) groups excluding carboxylic acids is 1. The average molecular weight is 344 g/mol. The number of nitrogen functional groups attached to an aromatic ring is 1. The van der Waals surface area contributed by atoms with Gasteiger partial charge in [0, 0.05) is 13.1 Å². The van der Waals surface area contributed by atoms with Gasteiger partial charge in [-0.25, -0.2) is 4.79 Å². The molecular formula is C18H24N4O3. The van der Waals surface area contributed by atoms with Crippen molar-refractivity contribution in [3.05, 3.63) is 61.8 Å². The largest absolute Gasteiger partial charge is 0.384 e. The minimum absolute atomic E-state index is 0.0332. The van der Waals surface area contributed by atoms with E-state index in [1.165, 1.54) is 10.1 Å². The van der Waals surface area contributed by atoms with Crippen LogP contribution in [0.1, 0.15) is 34.8 Å². The molecule has 3 N–H and O–H groups in total. The first-order valence-corrected chi connectivity index (χ1v) is 8.23. The number of nitrogens with one attached hydrogen (secondary N) is 1. The summed E-state index contributed by atoms with van der Waals surface area (Å²) in [6.07, 6.45) is 0.664. The van der Waals surface area contributed by atoms with Crippen LogP contribution in [0.4, 0.5) is 5.82 Å². The molecule has 2 rings (SSSR count). The van der Waals surface area contributed by atoms with E-state index in [0.717, 1.165) is 5.56 Å². The number of nitrogens with two attached hydrogens (primary N) is 1. The van der Waals surface area contributed by atoms with Crippen molar-refractivity contribution in [2.24, 2.45) is 0 Å². The van der Waals surface area contributed by atoms with Gasteiger partial charge in [0.25, 0.3) is 5.56 Å².